The van der Waals surface area contributed by atoms with E-state index in [1.165, 1.54) is 0 Å². The van der Waals surface area contributed by atoms with Crippen LogP contribution in [0.25, 0.3) is 0 Å². The Kier molecular flexibility index (Phi) is 13.1. The van der Waals surface area contributed by atoms with Gasteiger partial charge in [0, 0.05) is 18.3 Å². The normalized spacial score (nSPS) is 11.4. The lowest BCUT2D eigenvalue weighted by atomic mass is 10.0. The number of rotatable bonds is 8. The molecular weight excluding hydrogens is 337 g/mol. The van der Waals surface area contributed by atoms with Crippen molar-refractivity contribution in [3.8, 4) is 5.75 Å². The number of nitrogens with zero attached hydrogens (tertiary/aromatic N) is 1. The van der Waals surface area contributed by atoms with Gasteiger partial charge in [0.05, 0.1) is 12.6 Å². The first kappa shape index (κ1) is 24.2. The fourth-order valence-electron chi connectivity index (χ4n) is 1.76. The summed E-state index contributed by atoms with van der Waals surface area (Å²) in [5, 5.41) is 2.82. The summed E-state index contributed by atoms with van der Waals surface area (Å²) >= 11 is 0. The van der Waals surface area contributed by atoms with Crippen LogP contribution < -0.4 is 15.8 Å². The molecule has 23 heavy (non-hydrogen) atoms. The Morgan fingerprint density at radius 3 is 2.52 bits per heavy atom. The Hall–Kier alpha value is -1.01. The van der Waals surface area contributed by atoms with Gasteiger partial charge in [-0.15, -0.1) is 24.8 Å². The van der Waals surface area contributed by atoms with E-state index in [4.69, 9.17) is 10.5 Å². The van der Waals surface area contributed by atoms with Gasteiger partial charge < -0.3 is 20.7 Å². The van der Waals surface area contributed by atoms with Crippen molar-refractivity contribution in [2.24, 2.45) is 11.7 Å². The van der Waals surface area contributed by atoms with E-state index in [-0.39, 0.29) is 36.6 Å². The van der Waals surface area contributed by atoms with Crippen LogP contribution in [-0.2, 0) is 4.79 Å². The molecule has 0 aliphatic carbocycles. The largest absolute Gasteiger partial charge is 0.493 e. The molecule has 1 atom stereocenters. The van der Waals surface area contributed by atoms with E-state index >= 15 is 0 Å². The zero-order valence-electron chi connectivity index (χ0n) is 14.2. The molecule has 0 bridgehead atoms. The maximum absolute atomic E-state index is 11.9. The SMILES string of the molecule is CC(C)[C@H](N)C(=O)Nc1cccc(OCCCN(C)C)c1.Cl.Cl. The minimum absolute atomic E-state index is 0. The molecule has 1 aromatic carbocycles. The Labute approximate surface area is 151 Å². The number of amides is 1. The number of halogens is 2. The van der Waals surface area contributed by atoms with Gasteiger partial charge in [-0.1, -0.05) is 19.9 Å². The number of benzene rings is 1. The Morgan fingerprint density at radius 1 is 1.30 bits per heavy atom. The molecule has 7 heteroatoms. The maximum atomic E-state index is 11.9. The molecule has 0 aliphatic rings. The summed E-state index contributed by atoms with van der Waals surface area (Å²) in [6, 6.07) is 6.89. The number of carbonyl (C=O) groups is 1. The number of anilines is 1. The topological polar surface area (TPSA) is 67.6 Å². The fourth-order valence-corrected chi connectivity index (χ4v) is 1.76. The average molecular weight is 366 g/mol. The van der Waals surface area contributed by atoms with Crippen molar-refractivity contribution in [1.82, 2.24) is 4.90 Å². The van der Waals surface area contributed by atoms with Crippen LogP contribution >= 0.6 is 24.8 Å². The highest BCUT2D eigenvalue weighted by molar-refractivity contribution is 5.94. The smallest absolute Gasteiger partial charge is 0.241 e. The molecule has 0 aromatic heterocycles. The summed E-state index contributed by atoms with van der Waals surface area (Å²) in [6.45, 7) is 5.49. The Morgan fingerprint density at radius 2 is 1.96 bits per heavy atom. The molecule has 1 rings (SSSR count). The Bertz CT molecular complexity index is 457. The molecule has 134 valence electrons. The number of nitrogens with one attached hydrogen (secondary N) is 1. The van der Waals surface area contributed by atoms with Crippen LogP contribution in [0.5, 0.6) is 5.75 Å². The molecular formula is C16H29Cl2N3O2. The van der Waals surface area contributed by atoms with Gasteiger partial charge in [0.2, 0.25) is 5.91 Å². The predicted octanol–water partition coefficient (Wildman–Crippen LogP) is 2.78. The van der Waals surface area contributed by atoms with E-state index in [0.29, 0.717) is 12.3 Å². The quantitative estimate of drug-likeness (QED) is 0.695. The lowest BCUT2D eigenvalue weighted by Crippen LogP contribution is -2.39. The summed E-state index contributed by atoms with van der Waals surface area (Å²) in [7, 11) is 4.07. The molecule has 0 fully saturated rings. The van der Waals surface area contributed by atoms with E-state index in [9.17, 15) is 4.79 Å². The molecule has 1 aromatic rings. The summed E-state index contributed by atoms with van der Waals surface area (Å²) in [6.07, 6.45) is 0.960. The van der Waals surface area contributed by atoms with Crippen molar-refractivity contribution in [2.45, 2.75) is 26.3 Å². The standard InChI is InChI=1S/C16H27N3O2.2ClH/c1-12(2)15(17)16(20)18-13-7-5-8-14(11-13)21-10-6-9-19(3)4;;/h5,7-8,11-12,15H,6,9-10,17H2,1-4H3,(H,18,20);2*1H/t15-;;/m0../s1. The van der Waals surface area contributed by atoms with Crippen LogP contribution in [0.1, 0.15) is 20.3 Å². The molecule has 0 radical (unpaired) electrons. The molecule has 0 unspecified atom stereocenters. The highest BCUT2D eigenvalue weighted by Gasteiger charge is 2.17. The lowest BCUT2D eigenvalue weighted by molar-refractivity contribution is -0.118. The molecule has 0 spiro atoms. The molecule has 5 nitrogen and oxygen atoms in total. The molecule has 0 heterocycles. The third-order valence-electron chi connectivity index (χ3n) is 3.14. The molecule has 1 amide bonds. The lowest BCUT2D eigenvalue weighted by Gasteiger charge is -2.16. The Balaban J connectivity index is 0. The van der Waals surface area contributed by atoms with Crippen LogP contribution in [0, 0.1) is 5.92 Å². The summed E-state index contributed by atoms with van der Waals surface area (Å²) in [4.78, 5) is 14.0. The molecule has 0 saturated carbocycles. The van der Waals surface area contributed by atoms with E-state index in [2.05, 4.69) is 10.2 Å². The van der Waals surface area contributed by atoms with E-state index < -0.39 is 6.04 Å². The molecule has 0 saturated heterocycles. The van der Waals surface area contributed by atoms with Crippen LogP contribution in [-0.4, -0.2) is 44.1 Å². The van der Waals surface area contributed by atoms with Crippen LogP contribution in [0.2, 0.25) is 0 Å². The van der Waals surface area contributed by atoms with E-state index in [1.54, 1.807) is 0 Å². The highest BCUT2D eigenvalue weighted by Crippen LogP contribution is 2.18. The average Bonchev–Trinajstić information content (AvgIpc) is 2.42. The fraction of sp³-hybridized carbons (Fsp3) is 0.562. The van der Waals surface area contributed by atoms with Crippen molar-refractivity contribution >= 4 is 36.4 Å². The summed E-state index contributed by atoms with van der Waals surface area (Å²) in [5.41, 5.74) is 6.53. The number of ether oxygens (including phenoxy) is 1. The number of nitrogens with two attached hydrogens (primary N) is 1. The van der Waals surface area contributed by atoms with Crippen LogP contribution in [0.4, 0.5) is 5.69 Å². The van der Waals surface area contributed by atoms with Gasteiger partial charge in [0.1, 0.15) is 5.75 Å². The van der Waals surface area contributed by atoms with Gasteiger partial charge in [-0.2, -0.15) is 0 Å². The van der Waals surface area contributed by atoms with Gasteiger partial charge in [0.15, 0.2) is 0 Å². The van der Waals surface area contributed by atoms with Gasteiger partial charge >= 0.3 is 0 Å². The maximum Gasteiger partial charge on any atom is 0.241 e. The molecule has 3 N–H and O–H groups in total. The van der Waals surface area contributed by atoms with Crippen molar-refractivity contribution in [3.05, 3.63) is 24.3 Å². The highest BCUT2D eigenvalue weighted by atomic mass is 35.5. The first-order chi connectivity index (χ1) is 9.90. The first-order valence-electron chi connectivity index (χ1n) is 7.34. The third kappa shape index (κ3) is 9.66. The minimum Gasteiger partial charge on any atom is -0.493 e. The first-order valence-corrected chi connectivity index (χ1v) is 7.34. The number of carbonyl (C=O) groups excluding carboxylic acids is 1. The second-order valence-corrected chi connectivity index (χ2v) is 5.79. The predicted molar refractivity (Wildman–Crippen MR) is 101 cm³/mol. The van der Waals surface area contributed by atoms with Crippen LogP contribution in [0.15, 0.2) is 24.3 Å². The molecule has 0 aliphatic heterocycles. The summed E-state index contributed by atoms with van der Waals surface area (Å²) < 4.78 is 5.68. The van der Waals surface area contributed by atoms with Crippen molar-refractivity contribution in [3.63, 3.8) is 0 Å². The van der Waals surface area contributed by atoms with Crippen molar-refractivity contribution in [2.75, 3.05) is 32.6 Å². The number of hydrogen-bond donors (Lipinski definition) is 2. The van der Waals surface area contributed by atoms with Gasteiger partial charge in [-0.25, -0.2) is 0 Å². The monoisotopic (exact) mass is 365 g/mol. The van der Waals surface area contributed by atoms with Crippen LogP contribution in [0.3, 0.4) is 0 Å². The van der Waals surface area contributed by atoms with E-state index in [0.717, 1.165) is 18.7 Å². The second kappa shape index (κ2) is 12.4. The van der Waals surface area contributed by atoms with Gasteiger partial charge in [0.25, 0.3) is 0 Å². The number of hydrogen-bond acceptors (Lipinski definition) is 4. The van der Waals surface area contributed by atoms with E-state index in [1.807, 2.05) is 52.2 Å². The minimum atomic E-state index is -0.505. The summed E-state index contributed by atoms with van der Waals surface area (Å²) in [5.74, 6) is 0.690. The van der Waals surface area contributed by atoms with Crippen molar-refractivity contribution in [1.29, 1.82) is 0 Å². The zero-order chi connectivity index (χ0) is 15.8. The van der Waals surface area contributed by atoms with Gasteiger partial charge in [-0.3, -0.25) is 4.79 Å². The second-order valence-electron chi connectivity index (χ2n) is 5.79. The zero-order valence-corrected chi connectivity index (χ0v) is 15.9. The van der Waals surface area contributed by atoms with Crippen molar-refractivity contribution < 1.29 is 9.53 Å². The van der Waals surface area contributed by atoms with Gasteiger partial charge in [-0.05, 0) is 38.6 Å². The third-order valence-corrected chi connectivity index (χ3v) is 3.14.